The molecule has 0 bridgehead atoms. The van der Waals surface area contributed by atoms with Gasteiger partial charge in [-0.1, -0.05) is 17.3 Å². The van der Waals surface area contributed by atoms with Crippen LogP contribution in [0.2, 0.25) is 0 Å². The minimum Gasteiger partial charge on any atom is -0.493 e. The van der Waals surface area contributed by atoms with Crippen molar-refractivity contribution >= 4 is 5.91 Å². The Bertz CT molecular complexity index is 766. The summed E-state index contributed by atoms with van der Waals surface area (Å²) in [4.78, 5) is 12.5. The molecule has 1 N–H and O–H groups in total. The Morgan fingerprint density at radius 2 is 2.17 bits per heavy atom. The molecule has 1 atom stereocenters. The van der Waals surface area contributed by atoms with E-state index in [-0.39, 0.29) is 11.9 Å². The molecule has 1 aromatic carbocycles. The minimum atomic E-state index is -0.126. The highest BCUT2D eigenvalue weighted by molar-refractivity contribution is 5.94. The summed E-state index contributed by atoms with van der Waals surface area (Å²) in [5, 5.41) is 7.06. The second kappa shape index (κ2) is 6.30. The molecule has 0 saturated heterocycles. The van der Waals surface area contributed by atoms with Crippen molar-refractivity contribution in [3.8, 4) is 5.75 Å². The van der Waals surface area contributed by atoms with Gasteiger partial charge in [0.2, 0.25) is 0 Å². The topological polar surface area (TPSA) is 64.4 Å². The van der Waals surface area contributed by atoms with Gasteiger partial charge in [-0.15, -0.1) is 0 Å². The highest BCUT2D eigenvalue weighted by Gasteiger charge is 2.24. The molecule has 24 heavy (non-hydrogen) atoms. The molecular weight excluding hydrogens is 304 g/mol. The first kappa shape index (κ1) is 15.2. The highest BCUT2D eigenvalue weighted by atomic mass is 16.5. The van der Waals surface area contributed by atoms with Gasteiger partial charge in [0.1, 0.15) is 11.5 Å². The monoisotopic (exact) mass is 326 g/mol. The molecule has 2 heterocycles. The lowest BCUT2D eigenvalue weighted by atomic mass is 9.96. The van der Waals surface area contributed by atoms with E-state index in [9.17, 15) is 4.79 Å². The first-order valence-corrected chi connectivity index (χ1v) is 8.73. The quantitative estimate of drug-likeness (QED) is 0.938. The Morgan fingerprint density at radius 3 is 3.08 bits per heavy atom. The third-order valence-corrected chi connectivity index (χ3v) is 4.84. The van der Waals surface area contributed by atoms with Gasteiger partial charge < -0.3 is 14.6 Å². The maximum absolute atomic E-state index is 12.5. The largest absolute Gasteiger partial charge is 0.493 e. The fourth-order valence-electron chi connectivity index (χ4n) is 3.63. The summed E-state index contributed by atoms with van der Waals surface area (Å²) in [6.45, 7) is 2.79. The SMILES string of the molecule is C[C@H](Cc1ccc2c(c1)CCO2)NC(=O)c1noc2c1CCCC2. The Hall–Kier alpha value is -2.30. The standard InChI is InChI=1S/C19H22N2O3/c1-12(10-13-6-7-16-14(11-13)8-9-23-16)20-19(22)18-15-4-2-3-5-17(15)24-21-18/h6-7,11-12H,2-5,8-10H2,1H3,(H,20,22)/t12-/m1/s1. The number of ether oxygens (including phenoxy) is 1. The summed E-state index contributed by atoms with van der Waals surface area (Å²) in [5.41, 5.74) is 3.95. The molecule has 4 rings (SSSR count). The summed E-state index contributed by atoms with van der Waals surface area (Å²) in [6.07, 6.45) is 5.75. The fraction of sp³-hybridized carbons (Fsp3) is 0.474. The van der Waals surface area contributed by atoms with E-state index in [2.05, 4.69) is 22.6 Å². The molecular formula is C19H22N2O3. The van der Waals surface area contributed by atoms with Crippen molar-refractivity contribution in [2.75, 3.05) is 6.61 Å². The van der Waals surface area contributed by atoms with Crippen LogP contribution in [0.5, 0.6) is 5.75 Å². The van der Waals surface area contributed by atoms with Gasteiger partial charge in [0.15, 0.2) is 5.69 Å². The number of carbonyl (C=O) groups excluding carboxylic acids is 1. The summed E-state index contributed by atoms with van der Waals surface area (Å²) in [5.74, 6) is 1.75. The molecule has 1 aliphatic heterocycles. The van der Waals surface area contributed by atoms with Gasteiger partial charge in [-0.05, 0) is 49.8 Å². The molecule has 0 saturated carbocycles. The normalized spacial score (nSPS) is 16.9. The molecule has 2 aliphatic rings. The van der Waals surface area contributed by atoms with E-state index < -0.39 is 0 Å². The number of aryl methyl sites for hydroxylation is 1. The molecule has 0 spiro atoms. The number of fused-ring (bicyclic) bond motifs is 2. The molecule has 126 valence electrons. The van der Waals surface area contributed by atoms with Crippen LogP contribution >= 0.6 is 0 Å². The van der Waals surface area contributed by atoms with Gasteiger partial charge >= 0.3 is 0 Å². The first-order valence-electron chi connectivity index (χ1n) is 8.73. The number of nitrogens with one attached hydrogen (secondary N) is 1. The van der Waals surface area contributed by atoms with Crippen LogP contribution in [0.1, 0.15) is 52.7 Å². The Balaban J connectivity index is 1.41. The van der Waals surface area contributed by atoms with E-state index in [0.29, 0.717) is 5.69 Å². The molecule has 0 radical (unpaired) electrons. The maximum atomic E-state index is 12.5. The van der Waals surface area contributed by atoms with E-state index in [1.165, 1.54) is 11.1 Å². The number of amides is 1. The zero-order valence-corrected chi connectivity index (χ0v) is 13.9. The Morgan fingerprint density at radius 1 is 1.29 bits per heavy atom. The number of rotatable bonds is 4. The Kier molecular flexibility index (Phi) is 4.00. The lowest BCUT2D eigenvalue weighted by Gasteiger charge is -2.15. The third kappa shape index (κ3) is 2.90. The predicted octanol–water partition coefficient (Wildman–Crippen LogP) is 2.85. The minimum absolute atomic E-state index is 0.0359. The average molecular weight is 326 g/mol. The van der Waals surface area contributed by atoms with Crippen molar-refractivity contribution in [2.24, 2.45) is 0 Å². The summed E-state index contributed by atoms with van der Waals surface area (Å²) in [6, 6.07) is 6.32. The van der Waals surface area contributed by atoms with Crippen molar-refractivity contribution in [3.05, 3.63) is 46.3 Å². The average Bonchev–Trinajstić information content (AvgIpc) is 3.20. The second-order valence-electron chi connectivity index (χ2n) is 6.76. The summed E-state index contributed by atoms with van der Waals surface area (Å²) >= 11 is 0. The molecule has 0 unspecified atom stereocenters. The molecule has 5 heteroatoms. The molecule has 1 amide bonds. The van der Waals surface area contributed by atoms with E-state index in [1.54, 1.807) is 0 Å². The van der Waals surface area contributed by atoms with Crippen molar-refractivity contribution < 1.29 is 14.1 Å². The van der Waals surface area contributed by atoms with Gasteiger partial charge in [0.25, 0.3) is 5.91 Å². The molecule has 1 aromatic heterocycles. The highest BCUT2D eigenvalue weighted by Crippen LogP contribution is 2.27. The lowest BCUT2D eigenvalue weighted by Crippen LogP contribution is -2.35. The van der Waals surface area contributed by atoms with Crippen molar-refractivity contribution in [2.45, 2.75) is 51.5 Å². The second-order valence-corrected chi connectivity index (χ2v) is 6.76. The van der Waals surface area contributed by atoms with E-state index in [4.69, 9.17) is 9.26 Å². The van der Waals surface area contributed by atoms with Crippen LogP contribution in [0, 0.1) is 0 Å². The molecule has 2 aromatic rings. The predicted molar refractivity (Wildman–Crippen MR) is 89.4 cm³/mol. The number of aromatic nitrogens is 1. The van der Waals surface area contributed by atoms with Crippen molar-refractivity contribution in [1.29, 1.82) is 0 Å². The van der Waals surface area contributed by atoms with E-state index in [1.807, 2.05) is 13.0 Å². The van der Waals surface area contributed by atoms with Gasteiger partial charge in [-0.25, -0.2) is 0 Å². The zero-order chi connectivity index (χ0) is 16.5. The molecule has 0 fully saturated rings. The van der Waals surface area contributed by atoms with Crippen molar-refractivity contribution in [1.82, 2.24) is 10.5 Å². The van der Waals surface area contributed by atoms with Crippen molar-refractivity contribution in [3.63, 3.8) is 0 Å². The Labute approximate surface area is 141 Å². The van der Waals surface area contributed by atoms with Crippen LogP contribution in [-0.4, -0.2) is 23.7 Å². The van der Waals surface area contributed by atoms with Crippen LogP contribution < -0.4 is 10.1 Å². The first-order chi connectivity index (χ1) is 11.7. The van der Waals surface area contributed by atoms with E-state index >= 15 is 0 Å². The number of nitrogens with zero attached hydrogens (tertiary/aromatic N) is 1. The van der Waals surface area contributed by atoms with Crippen LogP contribution in [0.25, 0.3) is 0 Å². The number of benzene rings is 1. The number of hydrogen-bond donors (Lipinski definition) is 1. The third-order valence-electron chi connectivity index (χ3n) is 4.84. The lowest BCUT2D eigenvalue weighted by molar-refractivity contribution is 0.0930. The van der Waals surface area contributed by atoms with Crippen LogP contribution in [0.3, 0.4) is 0 Å². The summed E-state index contributed by atoms with van der Waals surface area (Å²) in [7, 11) is 0. The van der Waals surface area contributed by atoms with Gasteiger partial charge in [0, 0.05) is 24.4 Å². The number of carbonyl (C=O) groups is 1. The van der Waals surface area contributed by atoms with Crippen LogP contribution in [0.4, 0.5) is 0 Å². The zero-order valence-electron chi connectivity index (χ0n) is 13.9. The molecule has 5 nitrogen and oxygen atoms in total. The maximum Gasteiger partial charge on any atom is 0.273 e. The van der Waals surface area contributed by atoms with Gasteiger partial charge in [-0.2, -0.15) is 0 Å². The number of hydrogen-bond acceptors (Lipinski definition) is 4. The van der Waals surface area contributed by atoms with E-state index in [0.717, 1.165) is 62.2 Å². The van der Waals surface area contributed by atoms with Gasteiger partial charge in [-0.3, -0.25) is 4.79 Å². The van der Waals surface area contributed by atoms with Gasteiger partial charge in [0.05, 0.1) is 6.61 Å². The van der Waals surface area contributed by atoms with Crippen LogP contribution in [-0.2, 0) is 25.7 Å². The summed E-state index contributed by atoms with van der Waals surface area (Å²) < 4.78 is 10.9. The fourth-order valence-corrected chi connectivity index (χ4v) is 3.63. The smallest absolute Gasteiger partial charge is 0.273 e. The molecule has 1 aliphatic carbocycles. The van der Waals surface area contributed by atoms with Crippen LogP contribution in [0.15, 0.2) is 22.7 Å².